The normalized spacial score (nSPS) is 13.8. The van der Waals surface area contributed by atoms with E-state index in [-0.39, 0.29) is 17.6 Å². The number of nitrogens with zero attached hydrogens (tertiary/aromatic N) is 1. The van der Waals surface area contributed by atoms with Gasteiger partial charge in [0.2, 0.25) is 0 Å². The summed E-state index contributed by atoms with van der Waals surface area (Å²) in [6, 6.07) is 0. The fourth-order valence-corrected chi connectivity index (χ4v) is 3.12. The first-order valence-electron chi connectivity index (χ1n) is 9.39. The SMILES string of the molecule is CCN(CC)C(C)(C)CCOC(C)(C)CCCCCCC(F)(F)F. The van der Waals surface area contributed by atoms with E-state index >= 15 is 0 Å². The van der Waals surface area contributed by atoms with E-state index in [4.69, 9.17) is 4.74 Å². The lowest BCUT2D eigenvalue weighted by Gasteiger charge is -2.38. The summed E-state index contributed by atoms with van der Waals surface area (Å²) in [4.78, 5) is 2.43. The molecule has 146 valence electrons. The minimum atomic E-state index is -4.01. The van der Waals surface area contributed by atoms with Crippen LogP contribution in [0, 0.1) is 0 Å². The average Bonchev–Trinajstić information content (AvgIpc) is 2.42. The quantitative estimate of drug-likeness (QED) is 0.366. The van der Waals surface area contributed by atoms with Gasteiger partial charge < -0.3 is 4.74 Å². The second kappa shape index (κ2) is 10.6. The molecule has 0 rings (SSSR count). The van der Waals surface area contributed by atoms with Crippen LogP contribution in [0.5, 0.6) is 0 Å². The Hall–Kier alpha value is -0.290. The fraction of sp³-hybridized carbons (Fsp3) is 1.00. The van der Waals surface area contributed by atoms with Crippen molar-refractivity contribution in [1.29, 1.82) is 0 Å². The molecule has 0 unspecified atom stereocenters. The van der Waals surface area contributed by atoms with Crippen molar-refractivity contribution in [3.63, 3.8) is 0 Å². The number of halogens is 3. The maximum Gasteiger partial charge on any atom is 0.389 e. The molecule has 0 amide bonds. The molecule has 0 aromatic heterocycles. The van der Waals surface area contributed by atoms with Gasteiger partial charge in [-0.15, -0.1) is 0 Å². The van der Waals surface area contributed by atoms with Crippen LogP contribution in [0.4, 0.5) is 13.2 Å². The van der Waals surface area contributed by atoms with E-state index in [9.17, 15) is 13.2 Å². The molecule has 0 aliphatic rings. The Morgan fingerprint density at radius 3 is 1.71 bits per heavy atom. The van der Waals surface area contributed by atoms with E-state index in [1.54, 1.807) is 0 Å². The highest BCUT2D eigenvalue weighted by atomic mass is 19.4. The molecule has 0 N–H and O–H groups in total. The number of unbranched alkanes of at least 4 members (excludes halogenated alkanes) is 3. The topological polar surface area (TPSA) is 12.5 Å². The van der Waals surface area contributed by atoms with Gasteiger partial charge in [-0.1, -0.05) is 33.1 Å². The van der Waals surface area contributed by atoms with Gasteiger partial charge in [-0.25, -0.2) is 0 Å². The van der Waals surface area contributed by atoms with Gasteiger partial charge in [0, 0.05) is 18.6 Å². The molecule has 5 heteroatoms. The van der Waals surface area contributed by atoms with Crippen LogP contribution >= 0.6 is 0 Å². The van der Waals surface area contributed by atoms with Crippen molar-refractivity contribution < 1.29 is 17.9 Å². The van der Waals surface area contributed by atoms with Crippen LogP contribution in [-0.2, 0) is 4.74 Å². The van der Waals surface area contributed by atoms with Gasteiger partial charge in [0.15, 0.2) is 0 Å². The Bertz CT molecular complexity index is 323. The predicted molar refractivity (Wildman–Crippen MR) is 95.4 cm³/mol. The van der Waals surface area contributed by atoms with Crippen molar-refractivity contribution >= 4 is 0 Å². The van der Waals surface area contributed by atoms with Crippen LogP contribution in [0.25, 0.3) is 0 Å². The Balaban J connectivity index is 3.93. The summed E-state index contributed by atoms with van der Waals surface area (Å²) in [5, 5.41) is 0. The molecule has 0 aromatic carbocycles. The molecule has 0 aliphatic heterocycles. The van der Waals surface area contributed by atoms with Gasteiger partial charge in [-0.2, -0.15) is 13.2 Å². The van der Waals surface area contributed by atoms with Gasteiger partial charge >= 0.3 is 6.18 Å². The third-order valence-corrected chi connectivity index (χ3v) is 4.82. The first kappa shape index (κ1) is 23.7. The van der Waals surface area contributed by atoms with Gasteiger partial charge in [-0.3, -0.25) is 4.90 Å². The first-order chi connectivity index (χ1) is 10.9. The van der Waals surface area contributed by atoms with Crippen molar-refractivity contribution in [1.82, 2.24) is 4.90 Å². The van der Waals surface area contributed by atoms with Crippen LogP contribution in [0.15, 0.2) is 0 Å². The second-order valence-corrected chi connectivity index (χ2v) is 7.87. The molecule has 0 aliphatic carbocycles. The van der Waals surface area contributed by atoms with Gasteiger partial charge in [0.1, 0.15) is 0 Å². The largest absolute Gasteiger partial charge is 0.389 e. The molecule has 2 nitrogen and oxygen atoms in total. The van der Waals surface area contributed by atoms with Crippen LogP contribution < -0.4 is 0 Å². The van der Waals surface area contributed by atoms with Crippen LogP contribution in [0.1, 0.15) is 86.5 Å². The summed E-state index contributed by atoms with van der Waals surface area (Å²) in [5.41, 5.74) is -0.0828. The van der Waals surface area contributed by atoms with E-state index in [1.807, 2.05) is 0 Å². The Morgan fingerprint density at radius 1 is 0.750 bits per heavy atom. The monoisotopic (exact) mass is 353 g/mol. The zero-order valence-corrected chi connectivity index (χ0v) is 16.6. The van der Waals surface area contributed by atoms with Crippen molar-refractivity contribution in [3.05, 3.63) is 0 Å². The van der Waals surface area contributed by atoms with Crippen LogP contribution in [0.2, 0.25) is 0 Å². The molecule has 0 fully saturated rings. The highest BCUT2D eigenvalue weighted by Crippen LogP contribution is 2.25. The summed E-state index contributed by atoms with van der Waals surface area (Å²) in [6.07, 6.45) is -0.159. The van der Waals surface area contributed by atoms with E-state index in [0.717, 1.165) is 38.8 Å². The molecule has 0 atom stereocenters. The first-order valence-corrected chi connectivity index (χ1v) is 9.39. The number of rotatable bonds is 13. The maximum atomic E-state index is 12.1. The Labute approximate surface area is 147 Å². The van der Waals surface area contributed by atoms with Crippen molar-refractivity contribution in [2.45, 2.75) is 104 Å². The summed E-state index contributed by atoms with van der Waals surface area (Å²) in [6.45, 7) is 15.8. The summed E-state index contributed by atoms with van der Waals surface area (Å²) in [7, 11) is 0. The molecule has 24 heavy (non-hydrogen) atoms. The molecule has 0 spiro atoms. The maximum absolute atomic E-state index is 12.1. The zero-order valence-electron chi connectivity index (χ0n) is 16.6. The molecule has 0 saturated carbocycles. The highest BCUT2D eigenvalue weighted by molar-refractivity contribution is 4.80. The predicted octanol–water partition coefficient (Wildman–Crippen LogP) is 6.20. The molecular formula is C19H38F3NO. The van der Waals surface area contributed by atoms with E-state index in [2.05, 4.69) is 46.4 Å². The molecule has 0 aromatic rings. The average molecular weight is 354 g/mol. The fourth-order valence-electron chi connectivity index (χ4n) is 3.12. The van der Waals surface area contributed by atoms with Gasteiger partial charge in [-0.05, 0) is 60.0 Å². The summed E-state index contributed by atoms with van der Waals surface area (Å²) < 4.78 is 42.3. The van der Waals surface area contributed by atoms with E-state index < -0.39 is 12.6 Å². The molecule has 0 bridgehead atoms. The molecule has 0 radical (unpaired) electrons. The number of hydrogen-bond acceptors (Lipinski definition) is 2. The minimum absolute atomic E-state index is 0.122. The van der Waals surface area contributed by atoms with Gasteiger partial charge in [0.05, 0.1) is 5.60 Å². The third kappa shape index (κ3) is 11.3. The summed E-state index contributed by atoms with van der Waals surface area (Å²) in [5.74, 6) is 0. The van der Waals surface area contributed by atoms with Gasteiger partial charge in [0.25, 0.3) is 0 Å². The molecular weight excluding hydrogens is 315 g/mol. The lowest BCUT2D eigenvalue weighted by Crippen LogP contribution is -2.45. The van der Waals surface area contributed by atoms with E-state index in [0.29, 0.717) is 13.0 Å². The van der Waals surface area contributed by atoms with Crippen LogP contribution in [0.3, 0.4) is 0 Å². The van der Waals surface area contributed by atoms with Crippen molar-refractivity contribution in [3.8, 4) is 0 Å². The highest BCUT2D eigenvalue weighted by Gasteiger charge is 2.27. The third-order valence-electron chi connectivity index (χ3n) is 4.82. The Kier molecular flexibility index (Phi) is 10.5. The van der Waals surface area contributed by atoms with Crippen LogP contribution in [-0.4, -0.2) is 41.9 Å². The number of ether oxygens (including phenoxy) is 1. The number of alkyl halides is 3. The Morgan fingerprint density at radius 2 is 1.25 bits per heavy atom. The van der Waals surface area contributed by atoms with Crippen molar-refractivity contribution in [2.24, 2.45) is 0 Å². The lowest BCUT2D eigenvalue weighted by molar-refractivity contribution is -0.135. The molecule has 0 heterocycles. The number of hydrogen-bond donors (Lipinski definition) is 0. The second-order valence-electron chi connectivity index (χ2n) is 7.87. The van der Waals surface area contributed by atoms with E-state index in [1.165, 1.54) is 0 Å². The molecule has 0 saturated heterocycles. The smallest absolute Gasteiger partial charge is 0.376 e. The summed E-state index contributed by atoms with van der Waals surface area (Å²) >= 11 is 0. The minimum Gasteiger partial charge on any atom is -0.376 e. The lowest BCUT2D eigenvalue weighted by atomic mass is 9.97. The zero-order chi connectivity index (χ0) is 18.9. The standard InChI is InChI=1S/C19H38F3NO/c1-7-23(8-2)17(3,4)15-16-24-18(5,6)13-11-9-10-12-14-19(20,21)22/h7-16H2,1-6H3. The van der Waals surface area contributed by atoms with Crippen molar-refractivity contribution in [2.75, 3.05) is 19.7 Å².